The van der Waals surface area contributed by atoms with E-state index < -0.39 is 0 Å². The van der Waals surface area contributed by atoms with Crippen LogP contribution in [-0.2, 0) is 5.75 Å². The topological polar surface area (TPSA) is 98.8 Å². The number of hydrogen-bond acceptors (Lipinski definition) is 9. The predicted octanol–water partition coefficient (Wildman–Crippen LogP) is 4.11. The lowest BCUT2D eigenvalue weighted by Crippen LogP contribution is -1.99. The van der Waals surface area contributed by atoms with Gasteiger partial charge in [0, 0.05) is 5.39 Å². The number of fused-ring (bicyclic) bond motifs is 1. The van der Waals surface area contributed by atoms with Gasteiger partial charge in [0.2, 0.25) is 5.13 Å². The number of benzene rings is 2. The fraction of sp³-hybridized carbons (Fsp3) is 0.111. The fourth-order valence-electron chi connectivity index (χ4n) is 2.52. The van der Waals surface area contributed by atoms with E-state index in [0.717, 1.165) is 26.7 Å². The van der Waals surface area contributed by atoms with Gasteiger partial charge in [-0.2, -0.15) is 0 Å². The summed E-state index contributed by atoms with van der Waals surface area (Å²) < 4.78 is 6.16. The standard InChI is InChI=1S/C18H16N6OS2/c1-25-14-9-5-4-8-13(14)21-17-23-24-18(27-17)26-10-15-20-12-7-3-2-6-11(12)16(19)22-15/h2-9H,10H2,1H3,(H,21,23)(H2,19,20,22). The van der Waals surface area contributed by atoms with Gasteiger partial charge in [0.1, 0.15) is 17.4 Å². The monoisotopic (exact) mass is 396 g/mol. The normalized spacial score (nSPS) is 10.9. The number of anilines is 3. The summed E-state index contributed by atoms with van der Waals surface area (Å²) in [7, 11) is 1.64. The lowest BCUT2D eigenvalue weighted by Gasteiger charge is -2.07. The van der Waals surface area contributed by atoms with Crippen LogP contribution < -0.4 is 15.8 Å². The average Bonchev–Trinajstić information content (AvgIpc) is 3.14. The molecule has 4 rings (SSSR count). The molecule has 27 heavy (non-hydrogen) atoms. The van der Waals surface area contributed by atoms with E-state index in [4.69, 9.17) is 10.5 Å². The van der Waals surface area contributed by atoms with E-state index in [1.54, 1.807) is 7.11 Å². The van der Waals surface area contributed by atoms with Gasteiger partial charge in [0.15, 0.2) is 4.34 Å². The van der Waals surface area contributed by atoms with Crippen LogP contribution in [0.3, 0.4) is 0 Å². The number of rotatable bonds is 6. The smallest absolute Gasteiger partial charge is 0.210 e. The summed E-state index contributed by atoms with van der Waals surface area (Å²) in [4.78, 5) is 8.94. The highest BCUT2D eigenvalue weighted by molar-refractivity contribution is 8.00. The highest BCUT2D eigenvalue weighted by Crippen LogP contribution is 2.32. The highest BCUT2D eigenvalue weighted by Gasteiger charge is 2.10. The van der Waals surface area contributed by atoms with Crippen LogP contribution in [0.15, 0.2) is 52.9 Å². The van der Waals surface area contributed by atoms with E-state index >= 15 is 0 Å². The van der Waals surface area contributed by atoms with Gasteiger partial charge in [-0.1, -0.05) is 47.4 Å². The number of aromatic nitrogens is 4. The fourth-order valence-corrected chi connectivity index (χ4v) is 4.14. The number of nitrogens with two attached hydrogens (primary N) is 1. The molecule has 2 aromatic carbocycles. The maximum atomic E-state index is 6.04. The van der Waals surface area contributed by atoms with Gasteiger partial charge in [0.05, 0.1) is 24.1 Å². The second kappa shape index (κ2) is 7.77. The minimum atomic E-state index is 0.493. The van der Waals surface area contributed by atoms with Crippen molar-refractivity contribution in [1.29, 1.82) is 0 Å². The zero-order chi connectivity index (χ0) is 18.6. The molecule has 0 saturated heterocycles. The molecule has 0 spiro atoms. The first-order valence-electron chi connectivity index (χ1n) is 8.10. The molecule has 0 aliphatic carbocycles. The zero-order valence-corrected chi connectivity index (χ0v) is 16.0. The van der Waals surface area contributed by atoms with Crippen LogP contribution in [0.1, 0.15) is 5.82 Å². The molecule has 0 fully saturated rings. The van der Waals surface area contributed by atoms with Gasteiger partial charge < -0.3 is 15.8 Å². The van der Waals surface area contributed by atoms with Gasteiger partial charge in [-0.15, -0.1) is 10.2 Å². The minimum absolute atomic E-state index is 0.493. The van der Waals surface area contributed by atoms with E-state index in [0.29, 0.717) is 22.5 Å². The predicted molar refractivity (Wildman–Crippen MR) is 110 cm³/mol. The van der Waals surface area contributed by atoms with Crippen molar-refractivity contribution in [2.45, 2.75) is 10.1 Å². The van der Waals surface area contributed by atoms with Crippen molar-refractivity contribution < 1.29 is 4.74 Å². The lowest BCUT2D eigenvalue weighted by atomic mass is 10.2. The number of para-hydroxylation sites is 3. The maximum absolute atomic E-state index is 6.04. The molecule has 4 aromatic rings. The molecule has 9 heteroatoms. The molecule has 0 unspecified atom stereocenters. The second-order valence-corrected chi connectivity index (χ2v) is 7.73. The number of hydrogen-bond donors (Lipinski definition) is 2. The number of nitrogens with zero attached hydrogens (tertiary/aromatic N) is 4. The zero-order valence-electron chi connectivity index (χ0n) is 14.4. The molecule has 136 valence electrons. The van der Waals surface area contributed by atoms with E-state index in [1.807, 2.05) is 48.5 Å². The summed E-state index contributed by atoms with van der Waals surface area (Å²) in [5, 5.41) is 13.2. The number of nitrogens with one attached hydrogen (secondary N) is 1. The quantitative estimate of drug-likeness (QED) is 0.470. The maximum Gasteiger partial charge on any atom is 0.210 e. The van der Waals surface area contributed by atoms with E-state index in [2.05, 4.69) is 25.5 Å². The molecular formula is C18H16N6OS2. The Kier molecular flexibility index (Phi) is 5.03. The van der Waals surface area contributed by atoms with Gasteiger partial charge in [-0.05, 0) is 24.3 Å². The largest absolute Gasteiger partial charge is 0.495 e. The minimum Gasteiger partial charge on any atom is -0.495 e. The van der Waals surface area contributed by atoms with Crippen LogP contribution in [0.2, 0.25) is 0 Å². The highest BCUT2D eigenvalue weighted by atomic mass is 32.2. The summed E-state index contributed by atoms with van der Waals surface area (Å²) in [6.45, 7) is 0. The van der Waals surface area contributed by atoms with Gasteiger partial charge in [-0.25, -0.2) is 9.97 Å². The van der Waals surface area contributed by atoms with Crippen LogP contribution in [0.25, 0.3) is 10.9 Å². The molecule has 0 saturated carbocycles. The van der Waals surface area contributed by atoms with Gasteiger partial charge in [0.25, 0.3) is 0 Å². The number of nitrogen functional groups attached to an aromatic ring is 1. The Morgan fingerprint density at radius 2 is 1.89 bits per heavy atom. The van der Waals surface area contributed by atoms with Crippen molar-refractivity contribution in [2.24, 2.45) is 0 Å². The molecule has 0 amide bonds. The van der Waals surface area contributed by atoms with Crippen molar-refractivity contribution in [2.75, 3.05) is 18.2 Å². The van der Waals surface area contributed by atoms with Gasteiger partial charge in [-0.3, -0.25) is 0 Å². The van der Waals surface area contributed by atoms with E-state index in [-0.39, 0.29) is 0 Å². The van der Waals surface area contributed by atoms with Crippen LogP contribution in [0.5, 0.6) is 5.75 Å². The molecule has 3 N–H and O–H groups in total. The average molecular weight is 397 g/mol. The third kappa shape index (κ3) is 3.93. The van der Waals surface area contributed by atoms with Crippen LogP contribution in [-0.4, -0.2) is 27.3 Å². The Morgan fingerprint density at radius 3 is 2.78 bits per heavy atom. The number of ether oxygens (including phenoxy) is 1. The van der Waals surface area contributed by atoms with Crippen molar-refractivity contribution in [3.63, 3.8) is 0 Å². The molecule has 0 atom stereocenters. The first-order chi connectivity index (χ1) is 13.2. The third-order valence-electron chi connectivity index (χ3n) is 3.76. The Morgan fingerprint density at radius 1 is 1.07 bits per heavy atom. The SMILES string of the molecule is COc1ccccc1Nc1nnc(SCc2nc(N)c3ccccc3n2)s1. The second-order valence-electron chi connectivity index (χ2n) is 5.53. The van der Waals surface area contributed by atoms with Crippen molar-refractivity contribution in [3.05, 3.63) is 54.4 Å². The first kappa shape index (κ1) is 17.5. The summed E-state index contributed by atoms with van der Waals surface area (Å²) in [6, 6.07) is 15.4. The molecule has 0 bridgehead atoms. The van der Waals surface area contributed by atoms with Crippen LogP contribution >= 0.6 is 23.1 Å². The Bertz CT molecular complexity index is 1080. The molecule has 0 radical (unpaired) electrons. The molecule has 2 heterocycles. The lowest BCUT2D eigenvalue weighted by molar-refractivity contribution is 0.417. The first-order valence-corrected chi connectivity index (χ1v) is 9.90. The van der Waals surface area contributed by atoms with Crippen LogP contribution in [0.4, 0.5) is 16.6 Å². The van der Waals surface area contributed by atoms with Gasteiger partial charge >= 0.3 is 0 Å². The van der Waals surface area contributed by atoms with Crippen molar-refractivity contribution in [3.8, 4) is 5.75 Å². The summed E-state index contributed by atoms with van der Waals surface area (Å²) in [5.41, 5.74) is 7.73. The number of thioether (sulfide) groups is 1. The summed E-state index contributed by atoms with van der Waals surface area (Å²) in [6.07, 6.45) is 0. The summed E-state index contributed by atoms with van der Waals surface area (Å²) >= 11 is 2.99. The van der Waals surface area contributed by atoms with E-state index in [9.17, 15) is 0 Å². The Balaban J connectivity index is 1.45. The molecule has 2 aromatic heterocycles. The van der Waals surface area contributed by atoms with E-state index in [1.165, 1.54) is 23.1 Å². The Hall–Kier alpha value is -2.91. The summed E-state index contributed by atoms with van der Waals surface area (Å²) in [5.74, 6) is 2.48. The molecular weight excluding hydrogens is 380 g/mol. The van der Waals surface area contributed by atoms with Crippen LogP contribution in [0, 0.1) is 0 Å². The number of methoxy groups -OCH3 is 1. The third-order valence-corrected chi connectivity index (χ3v) is 5.73. The molecule has 7 nitrogen and oxygen atoms in total. The molecule has 0 aliphatic rings. The van der Waals surface area contributed by atoms with Crippen molar-refractivity contribution >= 4 is 50.6 Å². The molecule has 0 aliphatic heterocycles. The Labute approximate surface area is 164 Å². The van der Waals surface area contributed by atoms with Crippen molar-refractivity contribution in [1.82, 2.24) is 20.2 Å².